The van der Waals surface area contributed by atoms with Crippen molar-refractivity contribution in [2.75, 3.05) is 0 Å². The summed E-state index contributed by atoms with van der Waals surface area (Å²) in [6, 6.07) is 7.94. The molecule has 30 heavy (non-hydrogen) atoms. The monoisotopic (exact) mass is 416 g/mol. The van der Waals surface area contributed by atoms with Crippen LogP contribution in [0, 0.1) is 0 Å². The average molecular weight is 417 g/mol. The van der Waals surface area contributed by atoms with Crippen LogP contribution in [0.2, 0.25) is 0 Å². The molecule has 0 aliphatic carbocycles. The van der Waals surface area contributed by atoms with Gasteiger partial charge in [0, 0.05) is 6.42 Å². The number of hydrogen-bond acceptors (Lipinski definition) is 3. The molecule has 1 N–H and O–H groups in total. The third-order valence-corrected chi connectivity index (χ3v) is 5.18. The highest BCUT2D eigenvalue weighted by atomic mass is 16.5. The minimum atomic E-state index is -0.0342. The van der Waals surface area contributed by atoms with Crippen molar-refractivity contribution in [3.05, 3.63) is 30.6 Å². The number of nitrogens with one attached hydrogen (secondary N) is 1. The summed E-state index contributed by atoms with van der Waals surface area (Å²) in [6.45, 7) is 6.08. The van der Waals surface area contributed by atoms with Crippen LogP contribution in [0.3, 0.4) is 0 Å². The first-order valence-corrected chi connectivity index (χ1v) is 12.2. The van der Waals surface area contributed by atoms with Crippen molar-refractivity contribution < 1.29 is 9.53 Å². The van der Waals surface area contributed by atoms with Crippen molar-refractivity contribution in [3.8, 4) is 0 Å². The van der Waals surface area contributed by atoms with Gasteiger partial charge in [-0.25, -0.2) is 4.98 Å². The van der Waals surface area contributed by atoms with E-state index in [1.165, 1.54) is 77.0 Å². The number of aromatic nitrogens is 2. The minimum Gasteiger partial charge on any atom is -0.463 e. The maximum atomic E-state index is 11.3. The van der Waals surface area contributed by atoms with Crippen molar-refractivity contribution >= 4 is 17.0 Å². The molecule has 0 aliphatic heterocycles. The molecule has 4 nitrogen and oxygen atoms in total. The first-order chi connectivity index (χ1) is 14.6. The highest BCUT2D eigenvalue weighted by Crippen LogP contribution is 2.13. The summed E-state index contributed by atoms with van der Waals surface area (Å²) in [6.07, 6.45) is 19.7. The second kappa shape index (κ2) is 18.0. The molecule has 170 valence electrons. The molecular formula is C26H44N2O2. The average Bonchev–Trinajstić information content (AvgIpc) is 3.20. The first-order valence-electron chi connectivity index (χ1n) is 12.2. The van der Waals surface area contributed by atoms with Gasteiger partial charge in [-0.05, 0) is 32.4 Å². The van der Waals surface area contributed by atoms with Crippen LogP contribution < -0.4 is 0 Å². The van der Waals surface area contributed by atoms with Gasteiger partial charge in [-0.3, -0.25) is 4.79 Å². The minimum absolute atomic E-state index is 0.0273. The van der Waals surface area contributed by atoms with Crippen LogP contribution in [0.4, 0.5) is 0 Å². The van der Waals surface area contributed by atoms with Gasteiger partial charge in [0.05, 0.1) is 23.5 Å². The number of esters is 1. The Morgan fingerprint density at radius 2 is 1.40 bits per heavy atom. The summed E-state index contributed by atoms with van der Waals surface area (Å²) < 4.78 is 5.12. The van der Waals surface area contributed by atoms with E-state index in [-0.39, 0.29) is 12.1 Å². The summed E-state index contributed by atoms with van der Waals surface area (Å²) in [4.78, 5) is 18.4. The third kappa shape index (κ3) is 14.2. The molecule has 0 fully saturated rings. The maximum Gasteiger partial charge on any atom is 0.306 e. The highest BCUT2D eigenvalue weighted by molar-refractivity contribution is 5.73. The lowest BCUT2D eigenvalue weighted by molar-refractivity contribution is -0.147. The predicted molar refractivity (Wildman–Crippen MR) is 128 cm³/mol. The molecule has 1 heterocycles. The Morgan fingerprint density at radius 1 is 0.867 bits per heavy atom. The molecule has 0 saturated carbocycles. The summed E-state index contributed by atoms with van der Waals surface area (Å²) >= 11 is 0. The SMILES string of the molecule is CCCCCCCCCCCCCCCC(=O)OC(C)C.c1ccc2[nH]cnc2c1. The van der Waals surface area contributed by atoms with Gasteiger partial charge in [0.2, 0.25) is 0 Å². The normalized spacial score (nSPS) is 10.8. The number of unbranched alkanes of at least 4 members (excludes halogenated alkanes) is 12. The van der Waals surface area contributed by atoms with Gasteiger partial charge in [-0.2, -0.15) is 0 Å². The van der Waals surface area contributed by atoms with Crippen LogP contribution in [0.5, 0.6) is 0 Å². The van der Waals surface area contributed by atoms with E-state index in [9.17, 15) is 4.79 Å². The van der Waals surface area contributed by atoms with Gasteiger partial charge in [-0.1, -0.05) is 96.1 Å². The zero-order chi connectivity index (χ0) is 21.9. The van der Waals surface area contributed by atoms with Crippen LogP contribution in [0.25, 0.3) is 11.0 Å². The van der Waals surface area contributed by atoms with Crippen LogP contribution >= 0.6 is 0 Å². The summed E-state index contributed by atoms with van der Waals surface area (Å²) in [5.41, 5.74) is 2.12. The fourth-order valence-electron chi connectivity index (χ4n) is 3.49. The zero-order valence-electron chi connectivity index (χ0n) is 19.6. The number of carbonyl (C=O) groups excluding carboxylic acids is 1. The third-order valence-electron chi connectivity index (χ3n) is 5.18. The quantitative estimate of drug-likeness (QED) is 0.236. The number of imidazole rings is 1. The lowest BCUT2D eigenvalue weighted by Gasteiger charge is -2.07. The van der Waals surface area contributed by atoms with Crippen molar-refractivity contribution in [3.63, 3.8) is 0 Å². The number of fused-ring (bicyclic) bond motifs is 1. The topological polar surface area (TPSA) is 55.0 Å². The Kier molecular flexibility index (Phi) is 15.7. The van der Waals surface area contributed by atoms with E-state index in [1.54, 1.807) is 6.33 Å². The van der Waals surface area contributed by atoms with Gasteiger partial charge in [0.25, 0.3) is 0 Å². The number of rotatable bonds is 15. The van der Waals surface area contributed by atoms with E-state index in [4.69, 9.17) is 4.74 Å². The van der Waals surface area contributed by atoms with Gasteiger partial charge in [0.15, 0.2) is 0 Å². The van der Waals surface area contributed by atoms with E-state index < -0.39 is 0 Å². The summed E-state index contributed by atoms with van der Waals surface area (Å²) in [5, 5.41) is 0. The van der Waals surface area contributed by atoms with E-state index in [0.717, 1.165) is 17.5 Å². The number of H-pyrrole nitrogens is 1. The van der Waals surface area contributed by atoms with Crippen molar-refractivity contribution in [2.24, 2.45) is 0 Å². The number of para-hydroxylation sites is 2. The fraction of sp³-hybridized carbons (Fsp3) is 0.692. The van der Waals surface area contributed by atoms with E-state index in [0.29, 0.717) is 6.42 Å². The molecule has 0 radical (unpaired) electrons. The molecule has 0 bridgehead atoms. The molecule has 2 rings (SSSR count). The van der Waals surface area contributed by atoms with Crippen LogP contribution in [0.1, 0.15) is 111 Å². The lowest BCUT2D eigenvalue weighted by atomic mass is 10.0. The predicted octanol–water partition coefficient (Wildman–Crippen LogP) is 7.98. The Morgan fingerprint density at radius 3 is 1.93 bits per heavy atom. The standard InChI is InChI=1S/C19H38O2.C7H6N2/c1-4-5-6-7-8-9-10-11-12-13-14-15-16-17-19(20)21-18(2)3;1-2-4-7-6(3-1)8-5-9-7/h18H,4-17H2,1-3H3;1-5H,(H,8,9). The fourth-order valence-corrected chi connectivity index (χ4v) is 3.49. The summed E-state index contributed by atoms with van der Waals surface area (Å²) in [5.74, 6) is -0.0342. The number of benzene rings is 1. The molecule has 1 aromatic carbocycles. The molecule has 0 saturated heterocycles. The Bertz CT molecular complexity index is 621. The van der Waals surface area contributed by atoms with Gasteiger partial charge in [-0.15, -0.1) is 0 Å². The molecule has 4 heteroatoms. The maximum absolute atomic E-state index is 11.3. The van der Waals surface area contributed by atoms with Crippen molar-refractivity contribution in [2.45, 2.75) is 117 Å². The Hall–Kier alpha value is -1.84. The van der Waals surface area contributed by atoms with Gasteiger partial charge < -0.3 is 9.72 Å². The lowest BCUT2D eigenvalue weighted by Crippen LogP contribution is -2.10. The zero-order valence-corrected chi connectivity index (χ0v) is 19.6. The Balaban J connectivity index is 0.000000405. The molecule has 0 unspecified atom stereocenters. The molecule has 0 aliphatic rings. The molecule has 1 aromatic heterocycles. The van der Waals surface area contributed by atoms with Gasteiger partial charge in [0.1, 0.15) is 0 Å². The first kappa shape index (κ1) is 26.2. The van der Waals surface area contributed by atoms with E-state index in [1.807, 2.05) is 38.1 Å². The number of nitrogens with zero attached hydrogens (tertiary/aromatic N) is 1. The number of ether oxygens (including phenoxy) is 1. The largest absolute Gasteiger partial charge is 0.463 e. The Labute approximate surface area is 184 Å². The smallest absolute Gasteiger partial charge is 0.306 e. The van der Waals surface area contributed by atoms with Crippen molar-refractivity contribution in [1.82, 2.24) is 9.97 Å². The molecule has 0 spiro atoms. The molecule has 0 amide bonds. The second-order valence-corrected chi connectivity index (χ2v) is 8.45. The summed E-state index contributed by atoms with van der Waals surface area (Å²) in [7, 11) is 0. The highest BCUT2D eigenvalue weighted by Gasteiger charge is 2.04. The van der Waals surface area contributed by atoms with Crippen molar-refractivity contribution in [1.29, 1.82) is 0 Å². The van der Waals surface area contributed by atoms with Crippen LogP contribution in [-0.2, 0) is 9.53 Å². The number of hydrogen-bond donors (Lipinski definition) is 1. The van der Waals surface area contributed by atoms with Crippen LogP contribution in [0.15, 0.2) is 30.6 Å². The molecular weight excluding hydrogens is 372 g/mol. The van der Waals surface area contributed by atoms with E-state index >= 15 is 0 Å². The van der Waals surface area contributed by atoms with Crippen LogP contribution in [-0.4, -0.2) is 22.0 Å². The molecule has 0 atom stereocenters. The van der Waals surface area contributed by atoms with E-state index in [2.05, 4.69) is 16.9 Å². The van der Waals surface area contributed by atoms with Gasteiger partial charge >= 0.3 is 5.97 Å². The number of carbonyl (C=O) groups is 1. The molecule has 2 aromatic rings. The number of aromatic amines is 1. The second-order valence-electron chi connectivity index (χ2n) is 8.45.